The average Bonchev–Trinajstić information content (AvgIpc) is 2.44. The van der Waals surface area contributed by atoms with Gasteiger partial charge in [0, 0.05) is 12.3 Å². The first-order valence-corrected chi connectivity index (χ1v) is 7.10. The highest BCUT2D eigenvalue weighted by atomic mass is 35.5. The molecule has 0 radical (unpaired) electrons. The molecule has 1 aromatic carbocycles. The summed E-state index contributed by atoms with van der Waals surface area (Å²) in [4.78, 5) is 11.9. The van der Waals surface area contributed by atoms with Crippen molar-refractivity contribution in [3.8, 4) is 0 Å². The van der Waals surface area contributed by atoms with Crippen LogP contribution in [-0.2, 0) is 11.2 Å². The lowest BCUT2D eigenvalue weighted by Crippen LogP contribution is -2.49. The minimum Gasteiger partial charge on any atom is -0.349 e. The van der Waals surface area contributed by atoms with Crippen molar-refractivity contribution in [1.82, 2.24) is 5.32 Å². The zero-order valence-electron chi connectivity index (χ0n) is 11.2. The van der Waals surface area contributed by atoms with E-state index in [9.17, 15) is 4.79 Å². The van der Waals surface area contributed by atoms with E-state index in [4.69, 9.17) is 11.6 Å². The summed E-state index contributed by atoms with van der Waals surface area (Å²) in [6.45, 7) is 4.12. The molecular formula is C15H22ClNO. The normalized spacial score (nSPS) is 11.3. The lowest BCUT2D eigenvalue weighted by molar-refractivity contribution is -0.122. The Morgan fingerprint density at radius 3 is 2.33 bits per heavy atom. The molecule has 0 aromatic heterocycles. The van der Waals surface area contributed by atoms with Crippen LogP contribution >= 0.6 is 11.6 Å². The van der Waals surface area contributed by atoms with Crippen LogP contribution < -0.4 is 5.32 Å². The van der Waals surface area contributed by atoms with E-state index in [1.165, 1.54) is 5.56 Å². The maximum atomic E-state index is 11.9. The zero-order valence-corrected chi connectivity index (χ0v) is 12.0. The molecule has 0 saturated heterocycles. The summed E-state index contributed by atoms with van der Waals surface area (Å²) >= 11 is 5.97. The number of nitrogens with one attached hydrogen (secondary N) is 1. The van der Waals surface area contributed by atoms with Crippen molar-refractivity contribution in [2.24, 2.45) is 0 Å². The number of alkyl halides is 1. The molecule has 3 heteroatoms. The van der Waals surface area contributed by atoms with Crippen molar-refractivity contribution in [3.63, 3.8) is 0 Å². The van der Waals surface area contributed by atoms with Gasteiger partial charge in [0.1, 0.15) is 0 Å². The fraction of sp³-hybridized carbons (Fsp3) is 0.533. The zero-order chi connectivity index (χ0) is 13.4. The Hall–Kier alpha value is -1.02. The number of carbonyl (C=O) groups excluding carboxylic acids is 1. The van der Waals surface area contributed by atoms with Crippen molar-refractivity contribution < 1.29 is 4.79 Å². The average molecular weight is 268 g/mol. The van der Waals surface area contributed by atoms with Gasteiger partial charge in [0.15, 0.2) is 0 Å². The molecule has 0 aliphatic heterocycles. The van der Waals surface area contributed by atoms with Gasteiger partial charge in [-0.05, 0) is 24.8 Å². The Morgan fingerprint density at radius 2 is 1.83 bits per heavy atom. The molecule has 100 valence electrons. The highest BCUT2D eigenvalue weighted by molar-refractivity contribution is 6.18. The summed E-state index contributed by atoms with van der Waals surface area (Å²) in [5.41, 5.74) is 0.951. The molecule has 0 aliphatic rings. The Morgan fingerprint density at radius 1 is 1.22 bits per heavy atom. The second-order valence-electron chi connectivity index (χ2n) is 4.65. The van der Waals surface area contributed by atoms with Gasteiger partial charge in [0.05, 0.1) is 5.54 Å². The van der Waals surface area contributed by atoms with Gasteiger partial charge in [-0.25, -0.2) is 0 Å². The number of amides is 1. The van der Waals surface area contributed by atoms with Gasteiger partial charge in [-0.2, -0.15) is 0 Å². The first-order chi connectivity index (χ1) is 8.65. The Bertz CT molecular complexity index is 352. The van der Waals surface area contributed by atoms with Crippen LogP contribution in [-0.4, -0.2) is 17.3 Å². The lowest BCUT2D eigenvalue weighted by Gasteiger charge is -2.30. The number of halogens is 1. The van der Waals surface area contributed by atoms with Gasteiger partial charge in [-0.1, -0.05) is 44.2 Å². The first kappa shape index (κ1) is 15.0. The number of aryl methyl sites for hydroxylation is 1. The van der Waals surface area contributed by atoms with E-state index in [-0.39, 0.29) is 11.4 Å². The van der Waals surface area contributed by atoms with Crippen LogP contribution in [0, 0.1) is 0 Å². The van der Waals surface area contributed by atoms with Crippen molar-refractivity contribution in [3.05, 3.63) is 35.9 Å². The molecule has 0 atom stereocenters. The molecule has 2 nitrogen and oxygen atoms in total. The Kier molecular flexibility index (Phi) is 6.20. The minimum absolute atomic E-state index is 0.0863. The highest BCUT2D eigenvalue weighted by Crippen LogP contribution is 2.17. The topological polar surface area (TPSA) is 29.1 Å². The smallest absolute Gasteiger partial charge is 0.220 e. The molecule has 18 heavy (non-hydrogen) atoms. The molecular weight excluding hydrogens is 246 g/mol. The second-order valence-corrected chi connectivity index (χ2v) is 4.92. The number of benzene rings is 1. The Labute approximate surface area is 115 Å². The largest absolute Gasteiger partial charge is 0.349 e. The number of carbonyl (C=O) groups is 1. The van der Waals surface area contributed by atoms with Crippen LogP contribution in [0.3, 0.4) is 0 Å². The van der Waals surface area contributed by atoms with Gasteiger partial charge in [0.2, 0.25) is 5.91 Å². The van der Waals surface area contributed by atoms with Crippen LogP contribution in [0.15, 0.2) is 30.3 Å². The fourth-order valence-corrected chi connectivity index (χ4v) is 2.35. The summed E-state index contributed by atoms with van der Waals surface area (Å²) in [6, 6.07) is 10.1. The molecule has 1 N–H and O–H groups in total. The quantitative estimate of drug-likeness (QED) is 0.753. The summed E-state index contributed by atoms with van der Waals surface area (Å²) in [5.74, 6) is 0.556. The van der Waals surface area contributed by atoms with Crippen molar-refractivity contribution >= 4 is 17.5 Å². The van der Waals surface area contributed by atoms with Crippen LogP contribution in [0.1, 0.15) is 38.7 Å². The molecule has 0 unspecified atom stereocenters. The molecule has 0 saturated carbocycles. The monoisotopic (exact) mass is 267 g/mol. The Balaban J connectivity index is 2.46. The van der Waals surface area contributed by atoms with Gasteiger partial charge >= 0.3 is 0 Å². The fourth-order valence-electron chi connectivity index (χ4n) is 1.91. The molecule has 1 rings (SSSR count). The number of hydrogen-bond acceptors (Lipinski definition) is 1. The van der Waals surface area contributed by atoms with Gasteiger partial charge in [-0.15, -0.1) is 11.6 Å². The third kappa shape index (κ3) is 4.34. The first-order valence-electron chi connectivity index (χ1n) is 6.56. The minimum atomic E-state index is -0.241. The highest BCUT2D eigenvalue weighted by Gasteiger charge is 2.26. The van der Waals surface area contributed by atoms with Crippen LogP contribution in [0.25, 0.3) is 0 Å². The molecule has 1 amide bonds. The standard InChI is InChI=1S/C15H22ClNO/c1-3-15(4-2,12-16)17-14(18)11-10-13-8-6-5-7-9-13/h5-9H,3-4,10-12H2,1-2H3,(H,17,18). The molecule has 0 spiro atoms. The van der Waals surface area contributed by atoms with Gasteiger partial charge < -0.3 is 5.32 Å². The maximum absolute atomic E-state index is 11.9. The van der Waals surface area contributed by atoms with E-state index in [0.29, 0.717) is 12.3 Å². The molecule has 0 fully saturated rings. The van der Waals surface area contributed by atoms with Crippen LogP contribution in [0.5, 0.6) is 0 Å². The number of hydrogen-bond donors (Lipinski definition) is 1. The third-order valence-electron chi connectivity index (χ3n) is 3.50. The van der Waals surface area contributed by atoms with Crippen molar-refractivity contribution in [2.75, 3.05) is 5.88 Å². The SMILES string of the molecule is CCC(CC)(CCl)NC(=O)CCc1ccccc1. The van der Waals surface area contributed by atoms with E-state index >= 15 is 0 Å². The van der Waals surface area contributed by atoms with E-state index in [2.05, 4.69) is 19.2 Å². The summed E-state index contributed by atoms with van der Waals surface area (Å²) in [6.07, 6.45) is 3.02. The molecule has 0 aliphatic carbocycles. The number of rotatable bonds is 7. The van der Waals surface area contributed by atoms with Crippen molar-refractivity contribution in [1.29, 1.82) is 0 Å². The summed E-state index contributed by atoms with van der Waals surface area (Å²) < 4.78 is 0. The van der Waals surface area contributed by atoms with Crippen LogP contribution in [0.2, 0.25) is 0 Å². The predicted octanol–water partition coefficient (Wildman–Crippen LogP) is 3.53. The van der Waals surface area contributed by atoms with E-state index in [1.54, 1.807) is 0 Å². The third-order valence-corrected chi connectivity index (χ3v) is 4.01. The molecule has 1 aromatic rings. The van der Waals surface area contributed by atoms with Gasteiger partial charge in [-0.3, -0.25) is 4.79 Å². The molecule has 0 bridgehead atoms. The van der Waals surface area contributed by atoms with E-state index < -0.39 is 0 Å². The summed E-state index contributed by atoms with van der Waals surface area (Å²) in [5, 5.41) is 3.08. The maximum Gasteiger partial charge on any atom is 0.220 e. The van der Waals surface area contributed by atoms with Crippen molar-refractivity contribution in [2.45, 2.75) is 45.1 Å². The lowest BCUT2D eigenvalue weighted by atomic mass is 9.95. The van der Waals surface area contributed by atoms with E-state index in [1.807, 2.05) is 30.3 Å². The van der Waals surface area contributed by atoms with Gasteiger partial charge in [0.25, 0.3) is 0 Å². The molecule has 0 heterocycles. The predicted molar refractivity (Wildman–Crippen MR) is 76.9 cm³/mol. The second kappa shape index (κ2) is 7.42. The van der Waals surface area contributed by atoms with Crippen LogP contribution in [0.4, 0.5) is 0 Å². The van der Waals surface area contributed by atoms with E-state index in [0.717, 1.165) is 19.3 Å². The summed E-state index contributed by atoms with van der Waals surface area (Å²) in [7, 11) is 0.